The number of anilines is 1. The maximum Gasteiger partial charge on any atom is 0.314 e. The number of rotatable bonds is 6. The van der Waals surface area contributed by atoms with E-state index in [1.165, 1.54) is 22.6 Å². The molecule has 2 heterocycles. The van der Waals surface area contributed by atoms with Gasteiger partial charge in [-0.2, -0.15) is 8.78 Å². The minimum Gasteiger partial charge on any atom is -0.414 e. The number of hydrogen-bond acceptors (Lipinski definition) is 6. The second-order valence-electron chi connectivity index (χ2n) is 4.60. The number of thiol groups is 1. The Morgan fingerprint density at radius 3 is 2.80 bits per heavy atom. The molecule has 6 nitrogen and oxygen atoms in total. The lowest BCUT2D eigenvalue weighted by molar-refractivity contribution is 0.116. The largest absolute Gasteiger partial charge is 0.414 e. The number of nitrogens with zero attached hydrogens (tertiary/aromatic N) is 4. The summed E-state index contributed by atoms with van der Waals surface area (Å²) >= 11 is 6.49. The van der Waals surface area contributed by atoms with Gasteiger partial charge in [-0.1, -0.05) is 11.6 Å². The van der Waals surface area contributed by atoms with E-state index in [4.69, 9.17) is 16.0 Å². The molecule has 25 heavy (non-hydrogen) atoms. The molecule has 0 amide bonds. The first-order valence-electron chi connectivity index (χ1n) is 6.60. The smallest absolute Gasteiger partial charge is 0.314 e. The topological polar surface area (TPSA) is 72.1 Å². The average molecular weight is 409 g/mol. The summed E-state index contributed by atoms with van der Waals surface area (Å²) in [6.45, 7) is 0.119. The van der Waals surface area contributed by atoms with Gasteiger partial charge in [0.15, 0.2) is 0 Å². The van der Waals surface area contributed by atoms with Gasteiger partial charge in [-0.3, -0.25) is 4.31 Å². The molecule has 1 aromatic carbocycles. The normalized spacial score (nSPS) is 11.2. The minimum atomic E-state index is -2.85. The van der Waals surface area contributed by atoms with Gasteiger partial charge < -0.3 is 4.42 Å². The molecule has 0 N–H and O–H groups in total. The van der Waals surface area contributed by atoms with E-state index in [0.29, 0.717) is 15.6 Å². The van der Waals surface area contributed by atoms with Gasteiger partial charge in [-0.25, -0.2) is 13.6 Å². The molecule has 3 aromatic rings. The molecule has 0 radical (unpaired) electrons. The Hall–Kier alpha value is -1.98. The quantitative estimate of drug-likeness (QED) is 0.628. The average Bonchev–Trinajstić information content (AvgIpc) is 3.24. The molecule has 0 spiro atoms. The summed E-state index contributed by atoms with van der Waals surface area (Å²) in [5, 5.41) is 7.19. The molecule has 0 fully saturated rings. The third kappa shape index (κ3) is 3.99. The van der Waals surface area contributed by atoms with Gasteiger partial charge in [-0.15, -0.1) is 21.5 Å². The number of alkyl halides is 2. The number of hydrogen-bond donors (Lipinski definition) is 1. The standard InChI is InChI=1S/C13H8ClF3N4O2S2/c14-7-3-6(1-2-8(7)15)21(25-22)5-10-18-4-9(24-10)12-19-20-13(23-12)11(16)17/h1-4,11,25H,5H2. The third-order valence-corrected chi connectivity index (χ3v) is 4.81. The SMILES string of the molecule is O=[SH]N(Cc1ncc(-c2nnc(C(F)F)o2)s1)c1ccc(F)c(Cl)c1. The summed E-state index contributed by atoms with van der Waals surface area (Å²) in [6.07, 6.45) is -1.47. The Bertz CT molecular complexity index is 905. The van der Waals surface area contributed by atoms with E-state index in [-0.39, 0.29) is 29.3 Å². The van der Waals surface area contributed by atoms with Crippen LogP contribution < -0.4 is 4.31 Å². The molecular formula is C13H8ClF3N4O2S2. The number of halogens is 4. The third-order valence-electron chi connectivity index (χ3n) is 2.98. The maximum absolute atomic E-state index is 13.2. The molecule has 2 aromatic heterocycles. The first kappa shape index (κ1) is 17.8. The highest BCUT2D eigenvalue weighted by Crippen LogP contribution is 2.29. The highest BCUT2D eigenvalue weighted by molar-refractivity contribution is 7.67. The highest BCUT2D eigenvalue weighted by atomic mass is 35.5. The predicted molar refractivity (Wildman–Crippen MR) is 87.5 cm³/mol. The molecule has 0 aliphatic rings. The monoisotopic (exact) mass is 408 g/mol. The first-order chi connectivity index (χ1) is 12.0. The molecule has 0 aliphatic carbocycles. The summed E-state index contributed by atoms with van der Waals surface area (Å²) in [4.78, 5) is 4.51. The lowest BCUT2D eigenvalue weighted by atomic mass is 10.3. The van der Waals surface area contributed by atoms with Gasteiger partial charge in [0.05, 0.1) is 23.5 Å². The summed E-state index contributed by atoms with van der Waals surface area (Å²) in [7, 11) is 0. The van der Waals surface area contributed by atoms with Gasteiger partial charge in [0.1, 0.15) is 27.6 Å². The first-order valence-corrected chi connectivity index (χ1v) is 8.56. The fourth-order valence-electron chi connectivity index (χ4n) is 1.85. The summed E-state index contributed by atoms with van der Waals surface area (Å²) in [6, 6.07) is 3.92. The van der Waals surface area contributed by atoms with Crippen LogP contribution in [0, 0.1) is 5.82 Å². The van der Waals surface area contributed by atoms with Crippen molar-refractivity contribution in [2.75, 3.05) is 4.31 Å². The van der Waals surface area contributed by atoms with Gasteiger partial charge in [0, 0.05) is 0 Å². The van der Waals surface area contributed by atoms with Crippen molar-refractivity contribution < 1.29 is 21.8 Å². The molecule has 12 heteroatoms. The van der Waals surface area contributed by atoms with Crippen LogP contribution in [0.25, 0.3) is 10.8 Å². The summed E-state index contributed by atoms with van der Waals surface area (Å²) in [5.74, 6) is -1.43. The number of benzene rings is 1. The van der Waals surface area contributed by atoms with Crippen LogP contribution in [-0.2, 0) is 18.4 Å². The fourth-order valence-corrected chi connectivity index (χ4v) is 3.35. The van der Waals surface area contributed by atoms with Crippen molar-refractivity contribution in [1.29, 1.82) is 0 Å². The summed E-state index contributed by atoms with van der Waals surface area (Å²) in [5.41, 5.74) is 0.428. The molecule has 0 unspecified atom stereocenters. The second kappa shape index (κ2) is 7.50. The van der Waals surface area contributed by atoms with Crippen LogP contribution in [0.5, 0.6) is 0 Å². The van der Waals surface area contributed by atoms with Crippen molar-refractivity contribution in [3.63, 3.8) is 0 Å². The zero-order valence-electron chi connectivity index (χ0n) is 12.1. The van der Waals surface area contributed by atoms with Gasteiger partial charge >= 0.3 is 6.43 Å². The van der Waals surface area contributed by atoms with Crippen molar-refractivity contribution in [2.24, 2.45) is 0 Å². The van der Waals surface area contributed by atoms with Gasteiger partial charge in [0.25, 0.3) is 11.8 Å². The maximum atomic E-state index is 13.2. The minimum absolute atomic E-state index is 0.0740. The van der Waals surface area contributed by atoms with Crippen molar-refractivity contribution in [3.05, 3.63) is 46.1 Å². The lowest BCUT2D eigenvalue weighted by Crippen LogP contribution is -2.16. The van der Waals surface area contributed by atoms with Crippen molar-refractivity contribution in [3.8, 4) is 10.8 Å². The van der Waals surface area contributed by atoms with E-state index >= 15 is 0 Å². The predicted octanol–water partition coefficient (Wildman–Crippen LogP) is 3.79. The van der Waals surface area contributed by atoms with Crippen LogP contribution in [0.3, 0.4) is 0 Å². The van der Waals surface area contributed by atoms with Crippen LogP contribution in [0.1, 0.15) is 17.3 Å². The Morgan fingerprint density at radius 2 is 2.16 bits per heavy atom. The van der Waals surface area contributed by atoms with Crippen LogP contribution in [0.2, 0.25) is 5.02 Å². The Morgan fingerprint density at radius 1 is 1.36 bits per heavy atom. The molecule has 0 atom stereocenters. The zero-order valence-corrected chi connectivity index (χ0v) is 14.5. The van der Waals surface area contributed by atoms with Crippen LogP contribution in [0.15, 0.2) is 28.8 Å². The van der Waals surface area contributed by atoms with Crippen LogP contribution in [-0.4, -0.2) is 19.4 Å². The van der Waals surface area contributed by atoms with E-state index in [9.17, 15) is 17.4 Å². The van der Waals surface area contributed by atoms with E-state index in [1.807, 2.05) is 0 Å². The highest BCUT2D eigenvalue weighted by Gasteiger charge is 2.19. The molecule has 0 saturated heterocycles. The number of thiazole rings is 1. The summed E-state index contributed by atoms with van der Waals surface area (Å²) < 4.78 is 55.8. The van der Waals surface area contributed by atoms with E-state index in [2.05, 4.69) is 15.2 Å². The van der Waals surface area contributed by atoms with Gasteiger partial charge in [-0.05, 0) is 18.2 Å². The molecule has 0 aliphatic heterocycles. The van der Waals surface area contributed by atoms with Crippen LogP contribution in [0.4, 0.5) is 18.9 Å². The zero-order chi connectivity index (χ0) is 18.0. The molecule has 0 saturated carbocycles. The van der Waals surface area contributed by atoms with Crippen molar-refractivity contribution in [1.82, 2.24) is 15.2 Å². The van der Waals surface area contributed by atoms with Gasteiger partial charge in [0.2, 0.25) is 0 Å². The molecular weight excluding hydrogens is 401 g/mol. The van der Waals surface area contributed by atoms with E-state index in [0.717, 1.165) is 17.4 Å². The Balaban J connectivity index is 1.79. The van der Waals surface area contributed by atoms with E-state index in [1.54, 1.807) is 0 Å². The van der Waals surface area contributed by atoms with Crippen molar-refractivity contribution >= 4 is 40.5 Å². The fraction of sp³-hybridized carbons (Fsp3) is 0.154. The number of aromatic nitrogens is 3. The van der Waals surface area contributed by atoms with E-state index < -0.39 is 18.1 Å². The Labute approximate surface area is 151 Å². The lowest BCUT2D eigenvalue weighted by Gasteiger charge is -2.16. The van der Waals surface area contributed by atoms with Crippen molar-refractivity contribution in [2.45, 2.75) is 13.0 Å². The second-order valence-corrected chi connectivity index (χ2v) is 6.77. The van der Waals surface area contributed by atoms with Crippen LogP contribution >= 0.6 is 22.9 Å². The Kier molecular flexibility index (Phi) is 5.35. The molecule has 0 bridgehead atoms. The molecule has 3 rings (SSSR count). The molecule has 132 valence electrons.